The number of hydrogen-bond acceptors (Lipinski definition) is 3. The van der Waals surface area contributed by atoms with Crippen LogP contribution in [0, 0.1) is 5.41 Å². The van der Waals surface area contributed by atoms with Crippen molar-refractivity contribution in [1.29, 1.82) is 0 Å². The molecule has 1 fully saturated rings. The van der Waals surface area contributed by atoms with E-state index < -0.39 is 0 Å². The maximum absolute atomic E-state index is 5.65. The third kappa shape index (κ3) is 3.21. The Bertz CT molecular complexity index is 571. The van der Waals surface area contributed by atoms with E-state index in [1.807, 2.05) is 31.6 Å². The minimum atomic E-state index is 0.0268. The van der Waals surface area contributed by atoms with Crippen LogP contribution in [0.2, 0.25) is 0 Å². The highest BCUT2D eigenvalue weighted by molar-refractivity contribution is 5.16. The van der Waals surface area contributed by atoms with Crippen LogP contribution in [-0.4, -0.2) is 15.6 Å². The van der Waals surface area contributed by atoms with Gasteiger partial charge in [-0.3, -0.25) is 5.32 Å². The van der Waals surface area contributed by atoms with Gasteiger partial charge in [0.2, 0.25) is 0 Å². The molecule has 2 aromatic heterocycles. The van der Waals surface area contributed by atoms with Crippen molar-refractivity contribution in [3.63, 3.8) is 0 Å². The van der Waals surface area contributed by atoms with Gasteiger partial charge in [-0.2, -0.15) is 0 Å². The SMILES string of the molecule is Cn1ccnc1C(NC1CCCC(C)(C)C1)c1ccco1. The second-order valence-electron chi connectivity index (χ2n) is 6.97. The number of rotatable bonds is 4. The van der Waals surface area contributed by atoms with E-state index in [0.717, 1.165) is 11.6 Å². The molecule has 4 heteroatoms. The lowest BCUT2D eigenvalue weighted by molar-refractivity contribution is 0.188. The summed E-state index contributed by atoms with van der Waals surface area (Å²) in [5, 5.41) is 3.78. The highest BCUT2D eigenvalue weighted by atomic mass is 16.3. The summed E-state index contributed by atoms with van der Waals surface area (Å²) in [6.45, 7) is 4.73. The summed E-state index contributed by atoms with van der Waals surface area (Å²) in [4.78, 5) is 4.51. The fourth-order valence-electron chi connectivity index (χ4n) is 3.47. The molecule has 2 aromatic rings. The third-order valence-corrected chi connectivity index (χ3v) is 4.55. The first kappa shape index (κ1) is 14.4. The first-order valence-corrected chi connectivity index (χ1v) is 7.82. The van der Waals surface area contributed by atoms with Crippen molar-refractivity contribution in [3.8, 4) is 0 Å². The molecule has 0 radical (unpaired) electrons. The summed E-state index contributed by atoms with van der Waals surface area (Å²) in [7, 11) is 2.03. The molecule has 2 unspecified atom stereocenters. The number of aromatic nitrogens is 2. The Balaban J connectivity index is 1.82. The molecule has 21 heavy (non-hydrogen) atoms. The summed E-state index contributed by atoms with van der Waals surface area (Å²) in [5.74, 6) is 1.95. The molecule has 114 valence electrons. The quantitative estimate of drug-likeness (QED) is 0.933. The Morgan fingerprint density at radius 1 is 1.48 bits per heavy atom. The number of hydrogen-bond donors (Lipinski definition) is 1. The summed E-state index contributed by atoms with van der Waals surface area (Å²) >= 11 is 0. The van der Waals surface area contributed by atoms with E-state index in [0.29, 0.717) is 11.5 Å². The molecular formula is C17H25N3O. The fraction of sp³-hybridized carbons (Fsp3) is 0.588. The molecule has 0 spiro atoms. The van der Waals surface area contributed by atoms with Crippen LogP contribution in [0.4, 0.5) is 0 Å². The van der Waals surface area contributed by atoms with Crippen molar-refractivity contribution in [2.75, 3.05) is 0 Å². The topological polar surface area (TPSA) is 43.0 Å². The van der Waals surface area contributed by atoms with Crippen molar-refractivity contribution >= 4 is 0 Å². The first-order chi connectivity index (χ1) is 10.1. The lowest BCUT2D eigenvalue weighted by Gasteiger charge is -2.37. The summed E-state index contributed by atoms with van der Waals surface area (Å²) in [6, 6.07) is 4.51. The zero-order valence-electron chi connectivity index (χ0n) is 13.2. The van der Waals surface area contributed by atoms with E-state index in [1.165, 1.54) is 25.7 Å². The Morgan fingerprint density at radius 2 is 2.33 bits per heavy atom. The smallest absolute Gasteiger partial charge is 0.133 e. The lowest BCUT2D eigenvalue weighted by atomic mass is 9.75. The van der Waals surface area contributed by atoms with Gasteiger partial charge in [-0.1, -0.05) is 20.3 Å². The maximum Gasteiger partial charge on any atom is 0.133 e. The van der Waals surface area contributed by atoms with Crippen LogP contribution < -0.4 is 5.32 Å². The Kier molecular flexibility index (Phi) is 3.89. The van der Waals surface area contributed by atoms with E-state index in [1.54, 1.807) is 6.26 Å². The first-order valence-electron chi connectivity index (χ1n) is 7.82. The molecule has 0 amide bonds. The molecule has 0 aromatic carbocycles. The fourth-order valence-corrected chi connectivity index (χ4v) is 3.47. The molecule has 1 N–H and O–H groups in total. The van der Waals surface area contributed by atoms with Gasteiger partial charge >= 0.3 is 0 Å². The van der Waals surface area contributed by atoms with Crippen molar-refractivity contribution in [3.05, 3.63) is 42.4 Å². The molecule has 2 atom stereocenters. The highest BCUT2D eigenvalue weighted by Gasteiger charge is 2.31. The maximum atomic E-state index is 5.65. The summed E-state index contributed by atoms with van der Waals surface area (Å²) < 4.78 is 7.72. The van der Waals surface area contributed by atoms with Gasteiger partial charge in [0.1, 0.15) is 17.6 Å². The van der Waals surface area contributed by atoms with E-state index in [9.17, 15) is 0 Å². The largest absolute Gasteiger partial charge is 0.467 e. The zero-order chi connectivity index (χ0) is 14.9. The standard InChI is InChI=1S/C17H25N3O/c1-17(2)8-4-6-13(12-17)19-15(14-7-5-11-21-14)16-18-9-10-20(16)3/h5,7,9-11,13,15,19H,4,6,8,12H2,1-3H3. The summed E-state index contributed by atoms with van der Waals surface area (Å²) in [6.07, 6.45) is 10.6. The Labute approximate surface area is 126 Å². The number of aryl methyl sites for hydroxylation is 1. The number of nitrogens with one attached hydrogen (secondary N) is 1. The minimum Gasteiger partial charge on any atom is -0.467 e. The Morgan fingerprint density at radius 3 is 2.95 bits per heavy atom. The monoisotopic (exact) mass is 287 g/mol. The molecular weight excluding hydrogens is 262 g/mol. The molecule has 2 heterocycles. The normalized spacial score (nSPS) is 23.1. The molecule has 1 saturated carbocycles. The van der Waals surface area contributed by atoms with Crippen LogP contribution in [0.3, 0.4) is 0 Å². The molecule has 0 saturated heterocycles. The van der Waals surface area contributed by atoms with Gasteiger partial charge in [-0.15, -0.1) is 0 Å². The molecule has 4 nitrogen and oxygen atoms in total. The summed E-state index contributed by atoms with van der Waals surface area (Å²) in [5.41, 5.74) is 0.422. The zero-order valence-corrected chi connectivity index (χ0v) is 13.2. The predicted octanol–water partition coefficient (Wildman–Crippen LogP) is 3.66. The van der Waals surface area contributed by atoms with Gasteiger partial charge in [0.05, 0.1) is 6.26 Å². The van der Waals surface area contributed by atoms with Crippen LogP contribution in [0.1, 0.15) is 57.2 Å². The second-order valence-corrected chi connectivity index (χ2v) is 6.97. The van der Waals surface area contributed by atoms with Gasteiger partial charge in [-0.05, 0) is 36.8 Å². The molecule has 0 bridgehead atoms. The van der Waals surface area contributed by atoms with Gasteiger partial charge < -0.3 is 8.98 Å². The highest BCUT2D eigenvalue weighted by Crippen LogP contribution is 2.36. The van der Waals surface area contributed by atoms with Gasteiger partial charge in [0.25, 0.3) is 0 Å². The van der Waals surface area contributed by atoms with E-state index in [4.69, 9.17) is 4.42 Å². The number of imidazole rings is 1. The molecule has 3 rings (SSSR count). The number of nitrogens with zero attached hydrogens (tertiary/aromatic N) is 2. The second kappa shape index (κ2) is 5.68. The van der Waals surface area contributed by atoms with Crippen molar-refractivity contribution in [2.45, 2.75) is 51.6 Å². The average Bonchev–Trinajstić information content (AvgIpc) is 3.06. The van der Waals surface area contributed by atoms with Gasteiger partial charge in [-0.25, -0.2) is 4.98 Å². The average molecular weight is 287 g/mol. The van der Waals surface area contributed by atoms with Crippen LogP contribution in [-0.2, 0) is 7.05 Å². The van der Waals surface area contributed by atoms with Crippen molar-refractivity contribution in [1.82, 2.24) is 14.9 Å². The lowest BCUT2D eigenvalue weighted by Crippen LogP contribution is -2.40. The van der Waals surface area contributed by atoms with E-state index in [2.05, 4.69) is 28.7 Å². The number of furan rings is 1. The van der Waals surface area contributed by atoms with Crippen LogP contribution in [0.5, 0.6) is 0 Å². The van der Waals surface area contributed by atoms with Gasteiger partial charge in [0, 0.05) is 25.5 Å². The molecule has 1 aliphatic rings. The predicted molar refractivity (Wildman–Crippen MR) is 82.9 cm³/mol. The van der Waals surface area contributed by atoms with Crippen molar-refractivity contribution in [2.24, 2.45) is 12.5 Å². The molecule has 0 aliphatic heterocycles. The van der Waals surface area contributed by atoms with Crippen LogP contribution in [0.15, 0.2) is 35.2 Å². The van der Waals surface area contributed by atoms with Gasteiger partial charge in [0.15, 0.2) is 0 Å². The van der Waals surface area contributed by atoms with E-state index >= 15 is 0 Å². The minimum absolute atomic E-state index is 0.0268. The van der Waals surface area contributed by atoms with E-state index in [-0.39, 0.29) is 6.04 Å². The molecule has 1 aliphatic carbocycles. The van der Waals surface area contributed by atoms with Crippen molar-refractivity contribution < 1.29 is 4.42 Å². The van der Waals surface area contributed by atoms with Crippen LogP contribution >= 0.6 is 0 Å². The third-order valence-electron chi connectivity index (χ3n) is 4.55. The Hall–Kier alpha value is -1.55. The van der Waals surface area contributed by atoms with Crippen LogP contribution in [0.25, 0.3) is 0 Å².